The molecule has 1 heterocycles. The Hall–Kier alpha value is -3.59. The number of carbonyl (C=O) groups is 2. The van der Waals surface area contributed by atoms with Crippen LogP contribution in [-0.4, -0.2) is 46.0 Å². The van der Waals surface area contributed by atoms with Crippen LogP contribution in [0.2, 0.25) is 0 Å². The van der Waals surface area contributed by atoms with Gasteiger partial charge in [-0.15, -0.1) is 16.8 Å². The van der Waals surface area contributed by atoms with Crippen molar-refractivity contribution in [2.45, 2.75) is 25.0 Å². The lowest BCUT2D eigenvalue weighted by atomic mass is 10.2. The Labute approximate surface area is 197 Å². The topological polar surface area (TPSA) is 98.1 Å². The summed E-state index contributed by atoms with van der Waals surface area (Å²) in [7, 11) is 1.58. The minimum Gasteiger partial charge on any atom is -0.497 e. The van der Waals surface area contributed by atoms with E-state index < -0.39 is 0 Å². The first-order chi connectivity index (χ1) is 16.0. The number of methoxy groups -OCH3 is 1. The van der Waals surface area contributed by atoms with E-state index >= 15 is 0 Å². The van der Waals surface area contributed by atoms with Crippen LogP contribution in [0, 0.1) is 6.92 Å². The van der Waals surface area contributed by atoms with E-state index in [2.05, 4.69) is 27.4 Å². The van der Waals surface area contributed by atoms with Crippen molar-refractivity contribution in [3.05, 3.63) is 78.1 Å². The van der Waals surface area contributed by atoms with Crippen molar-refractivity contribution in [1.29, 1.82) is 0 Å². The summed E-state index contributed by atoms with van der Waals surface area (Å²) in [5.41, 5.74) is 2.35. The number of carbonyl (C=O) groups excluding carboxylic acids is 2. The number of nitrogens with zero attached hydrogens (tertiary/aromatic N) is 3. The fourth-order valence-corrected chi connectivity index (χ4v) is 3.85. The summed E-state index contributed by atoms with van der Waals surface area (Å²) in [6, 6.07) is 14.5. The molecule has 9 heteroatoms. The molecule has 0 saturated heterocycles. The quantitative estimate of drug-likeness (QED) is 0.332. The highest BCUT2D eigenvalue weighted by Crippen LogP contribution is 2.19. The van der Waals surface area contributed by atoms with Gasteiger partial charge in [0.1, 0.15) is 11.6 Å². The average Bonchev–Trinajstić information content (AvgIpc) is 3.21. The maximum atomic E-state index is 12.4. The van der Waals surface area contributed by atoms with Crippen molar-refractivity contribution in [3.8, 4) is 5.75 Å². The number of rotatable bonds is 11. The number of ether oxygens (including phenoxy) is 1. The Bertz CT molecular complexity index is 1110. The second-order valence-corrected chi connectivity index (χ2v) is 8.13. The van der Waals surface area contributed by atoms with Crippen LogP contribution in [0.25, 0.3) is 0 Å². The van der Waals surface area contributed by atoms with Gasteiger partial charge in [-0.2, -0.15) is 0 Å². The predicted octanol–water partition coefficient (Wildman–Crippen LogP) is 3.48. The summed E-state index contributed by atoms with van der Waals surface area (Å²) in [6.07, 6.45) is 2.25. The summed E-state index contributed by atoms with van der Waals surface area (Å²) in [5, 5.41) is 14.9. The third-order valence-electron chi connectivity index (χ3n) is 4.84. The van der Waals surface area contributed by atoms with Gasteiger partial charge in [0.15, 0.2) is 5.16 Å². The number of benzene rings is 2. The highest BCUT2D eigenvalue weighted by molar-refractivity contribution is 7.99. The molecule has 0 atom stereocenters. The molecule has 0 aliphatic rings. The van der Waals surface area contributed by atoms with Crippen molar-refractivity contribution in [2.24, 2.45) is 0 Å². The van der Waals surface area contributed by atoms with Gasteiger partial charge in [0, 0.05) is 30.8 Å². The number of hydrogen-bond donors (Lipinski definition) is 2. The number of hydrogen-bond acceptors (Lipinski definition) is 6. The third kappa shape index (κ3) is 6.69. The summed E-state index contributed by atoms with van der Waals surface area (Å²) in [4.78, 5) is 24.7. The maximum Gasteiger partial charge on any atom is 0.251 e. The normalized spacial score (nSPS) is 10.5. The summed E-state index contributed by atoms with van der Waals surface area (Å²) in [5.74, 6) is 1.33. The van der Waals surface area contributed by atoms with Gasteiger partial charge >= 0.3 is 0 Å². The molecule has 0 unspecified atom stereocenters. The van der Waals surface area contributed by atoms with Gasteiger partial charge in [-0.25, -0.2) is 0 Å². The van der Waals surface area contributed by atoms with E-state index in [4.69, 9.17) is 4.74 Å². The maximum absolute atomic E-state index is 12.4. The Morgan fingerprint density at radius 2 is 1.91 bits per heavy atom. The fraction of sp³-hybridized carbons (Fsp3) is 0.250. The largest absolute Gasteiger partial charge is 0.497 e. The zero-order chi connectivity index (χ0) is 23.6. The molecule has 0 aliphatic heterocycles. The molecule has 2 aromatic carbocycles. The van der Waals surface area contributed by atoms with Crippen molar-refractivity contribution < 1.29 is 14.3 Å². The molecule has 3 rings (SSSR count). The van der Waals surface area contributed by atoms with Gasteiger partial charge in [0.25, 0.3) is 5.91 Å². The third-order valence-corrected chi connectivity index (χ3v) is 5.81. The number of anilines is 1. The van der Waals surface area contributed by atoms with Gasteiger partial charge in [0.2, 0.25) is 5.91 Å². The summed E-state index contributed by atoms with van der Waals surface area (Å²) in [6.45, 7) is 6.66. The standard InChI is InChI=1S/C24H27N5O3S/c1-4-15-29-21(13-14-25-23(31)18-9-11-19(32-3)12-10-18)27-28-24(29)33-16-22(30)26-20-8-6-5-7-17(20)2/h4-12H,1,13-16H2,2-3H3,(H,25,31)(H,26,30). The molecule has 172 valence electrons. The van der Waals surface area contributed by atoms with E-state index in [0.29, 0.717) is 41.8 Å². The van der Waals surface area contributed by atoms with E-state index in [9.17, 15) is 9.59 Å². The highest BCUT2D eigenvalue weighted by Gasteiger charge is 2.14. The SMILES string of the molecule is C=CCn1c(CCNC(=O)c2ccc(OC)cc2)nnc1SCC(=O)Nc1ccccc1C. The van der Waals surface area contributed by atoms with E-state index in [0.717, 1.165) is 11.3 Å². The van der Waals surface area contributed by atoms with Crippen LogP contribution in [0.4, 0.5) is 5.69 Å². The fourth-order valence-electron chi connectivity index (χ4n) is 3.08. The van der Waals surface area contributed by atoms with Crippen LogP contribution in [0.15, 0.2) is 66.3 Å². The lowest BCUT2D eigenvalue weighted by molar-refractivity contribution is -0.113. The second kappa shape index (κ2) is 11.9. The van der Waals surface area contributed by atoms with Crippen molar-refractivity contribution >= 4 is 29.3 Å². The first-order valence-corrected chi connectivity index (χ1v) is 11.4. The molecule has 0 radical (unpaired) electrons. The monoisotopic (exact) mass is 465 g/mol. The minimum atomic E-state index is -0.171. The molecule has 0 spiro atoms. The Kier molecular flexibility index (Phi) is 8.65. The minimum absolute atomic E-state index is 0.115. The number of allylic oxidation sites excluding steroid dienone is 1. The van der Waals surface area contributed by atoms with E-state index in [1.807, 2.05) is 35.8 Å². The van der Waals surface area contributed by atoms with Crippen LogP contribution in [0.1, 0.15) is 21.7 Å². The van der Waals surface area contributed by atoms with Gasteiger partial charge in [-0.05, 0) is 42.8 Å². The van der Waals surface area contributed by atoms with Crippen LogP contribution in [-0.2, 0) is 17.8 Å². The Morgan fingerprint density at radius 3 is 2.61 bits per heavy atom. The predicted molar refractivity (Wildman–Crippen MR) is 130 cm³/mol. The van der Waals surface area contributed by atoms with Gasteiger partial charge in [0.05, 0.1) is 12.9 Å². The molecular weight excluding hydrogens is 438 g/mol. The zero-order valence-electron chi connectivity index (χ0n) is 18.7. The Balaban J connectivity index is 1.54. The zero-order valence-corrected chi connectivity index (χ0v) is 19.5. The van der Waals surface area contributed by atoms with Crippen molar-refractivity contribution in [1.82, 2.24) is 20.1 Å². The molecule has 0 bridgehead atoms. The second-order valence-electron chi connectivity index (χ2n) is 7.18. The van der Waals surface area contributed by atoms with Crippen LogP contribution in [0.3, 0.4) is 0 Å². The number of aromatic nitrogens is 3. The molecule has 1 aromatic heterocycles. The molecule has 0 fully saturated rings. The lowest BCUT2D eigenvalue weighted by Gasteiger charge is -2.10. The number of amides is 2. The van der Waals surface area contributed by atoms with Crippen LogP contribution >= 0.6 is 11.8 Å². The van der Waals surface area contributed by atoms with E-state index in [1.165, 1.54) is 11.8 Å². The Morgan fingerprint density at radius 1 is 1.15 bits per heavy atom. The lowest BCUT2D eigenvalue weighted by Crippen LogP contribution is -2.26. The molecule has 2 N–H and O–H groups in total. The number of thioether (sulfide) groups is 1. The average molecular weight is 466 g/mol. The van der Waals surface area contributed by atoms with Crippen LogP contribution < -0.4 is 15.4 Å². The van der Waals surface area contributed by atoms with E-state index in [1.54, 1.807) is 37.5 Å². The molecule has 3 aromatic rings. The number of aryl methyl sites for hydroxylation is 1. The first-order valence-electron chi connectivity index (χ1n) is 10.4. The smallest absolute Gasteiger partial charge is 0.251 e. The molecule has 0 aliphatic carbocycles. The molecule has 0 saturated carbocycles. The van der Waals surface area contributed by atoms with E-state index in [-0.39, 0.29) is 17.6 Å². The summed E-state index contributed by atoms with van der Waals surface area (Å²) >= 11 is 1.31. The first kappa shape index (κ1) is 24.1. The van der Waals surface area contributed by atoms with Crippen molar-refractivity contribution in [3.63, 3.8) is 0 Å². The van der Waals surface area contributed by atoms with Crippen molar-refractivity contribution in [2.75, 3.05) is 24.7 Å². The molecule has 8 nitrogen and oxygen atoms in total. The molecule has 2 amide bonds. The summed E-state index contributed by atoms with van der Waals surface area (Å²) < 4.78 is 7.01. The van der Waals surface area contributed by atoms with Gasteiger partial charge in [-0.3, -0.25) is 9.59 Å². The number of para-hydroxylation sites is 1. The number of nitrogens with one attached hydrogen (secondary N) is 2. The molecule has 33 heavy (non-hydrogen) atoms. The van der Waals surface area contributed by atoms with Gasteiger partial charge < -0.3 is 19.9 Å². The van der Waals surface area contributed by atoms with Crippen LogP contribution in [0.5, 0.6) is 5.75 Å². The highest BCUT2D eigenvalue weighted by atomic mass is 32.2. The molecular formula is C24H27N5O3S. The van der Waals surface area contributed by atoms with Gasteiger partial charge in [-0.1, -0.05) is 36.0 Å².